The maximum atomic E-state index is 11.5. The molecule has 0 amide bonds. The van der Waals surface area contributed by atoms with Crippen LogP contribution >= 0.6 is 0 Å². The Morgan fingerprint density at radius 2 is 2.23 bits per heavy atom. The van der Waals surface area contributed by atoms with Crippen LogP contribution in [0.25, 0.3) is 0 Å². The number of carbonyl (C=O) groups excluding carboxylic acids is 1. The molecule has 1 fully saturated rings. The maximum Gasteiger partial charge on any atom is 0.134 e. The summed E-state index contributed by atoms with van der Waals surface area (Å²) < 4.78 is 0. The van der Waals surface area contributed by atoms with Crippen LogP contribution in [0, 0.1) is 11.8 Å². The minimum atomic E-state index is 0.418. The van der Waals surface area contributed by atoms with Crippen molar-refractivity contribution in [2.24, 2.45) is 11.8 Å². The van der Waals surface area contributed by atoms with Gasteiger partial charge < -0.3 is 5.32 Å². The van der Waals surface area contributed by atoms with Crippen molar-refractivity contribution in [2.75, 3.05) is 6.54 Å². The minimum Gasteiger partial charge on any atom is -0.313 e. The molecule has 1 saturated heterocycles. The Morgan fingerprint density at radius 3 is 2.69 bits per heavy atom. The van der Waals surface area contributed by atoms with Crippen molar-refractivity contribution >= 4 is 5.78 Å². The van der Waals surface area contributed by atoms with Crippen molar-refractivity contribution < 1.29 is 4.79 Å². The third-order valence-electron chi connectivity index (χ3n) is 2.78. The van der Waals surface area contributed by atoms with E-state index in [1.54, 1.807) is 0 Å². The van der Waals surface area contributed by atoms with Crippen LogP contribution in [0.2, 0.25) is 0 Å². The number of ketones is 1. The Balaban J connectivity index is 2.27. The predicted molar refractivity (Wildman–Crippen MR) is 54.7 cm³/mol. The molecule has 1 N–H and O–H groups in total. The lowest BCUT2D eigenvalue weighted by Gasteiger charge is -2.15. The van der Waals surface area contributed by atoms with E-state index in [9.17, 15) is 4.79 Å². The largest absolute Gasteiger partial charge is 0.313 e. The molecule has 2 nitrogen and oxygen atoms in total. The van der Waals surface area contributed by atoms with Crippen molar-refractivity contribution in [1.82, 2.24) is 5.32 Å². The van der Waals surface area contributed by atoms with Gasteiger partial charge in [-0.05, 0) is 24.8 Å². The number of carbonyl (C=O) groups is 1. The molecular formula is C11H21NO. The van der Waals surface area contributed by atoms with Crippen molar-refractivity contribution in [1.29, 1.82) is 0 Å². The van der Waals surface area contributed by atoms with Gasteiger partial charge in [-0.25, -0.2) is 0 Å². The molecule has 0 aromatic heterocycles. The first-order valence-corrected chi connectivity index (χ1v) is 5.34. The normalized spacial score (nSPS) is 28.3. The van der Waals surface area contributed by atoms with Crippen molar-refractivity contribution in [3.63, 3.8) is 0 Å². The molecule has 0 bridgehead atoms. The number of rotatable bonds is 4. The molecule has 0 aromatic carbocycles. The van der Waals surface area contributed by atoms with Gasteiger partial charge in [0.25, 0.3) is 0 Å². The smallest absolute Gasteiger partial charge is 0.134 e. The molecule has 76 valence electrons. The van der Waals surface area contributed by atoms with E-state index in [4.69, 9.17) is 0 Å². The molecule has 0 aromatic rings. The average molecular weight is 183 g/mol. The van der Waals surface area contributed by atoms with E-state index in [2.05, 4.69) is 26.1 Å². The third-order valence-corrected chi connectivity index (χ3v) is 2.78. The van der Waals surface area contributed by atoms with Crippen LogP contribution in [0.15, 0.2) is 0 Å². The predicted octanol–water partition coefficient (Wildman–Crippen LogP) is 1.99. The van der Waals surface area contributed by atoms with Gasteiger partial charge in [0, 0.05) is 18.9 Å². The lowest BCUT2D eigenvalue weighted by molar-refractivity contribution is -0.120. The van der Waals surface area contributed by atoms with Gasteiger partial charge in [0.15, 0.2) is 0 Å². The van der Waals surface area contributed by atoms with Crippen molar-refractivity contribution in [3.05, 3.63) is 0 Å². The molecule has 2 atom stereocenters. The van der Waals surface area contributed by atoms with Crippen LogP contribution < -0.4 is 5.32 Å². The van der Waals surface area contributed by atoms with Gasteiger partial charge in [0.05, 0.1) is 0 Å². The molecule has 0 radical (unpaired) electrons. The van der Waals surface area contributed by atoms with E-state index in [-0.39, 0.29) is 0 Å². The zero-order valence-electron chi connectivity index (χ0n) is 8.97. The van der Waals surface area contributed by atoms with Crippen LogP contribution in [0.4, 0.5) is 0 Å². The van der Waals surface area contributed by atoms with Crippen LogP contribution in [0.3, 0.4) is 0 Å². The van der Waals surface area contributed by atoms with Gasteiger partial charge in [0.2, 0.25) is 0 Å². The highest BCUT2D eigenvalue weighted by molar-refractivity contribution is 5.79. The SMILES string of the molecule is CC(C)CC(=O)CC1NCCC1C. The molecule has 2 heteroatoms. The van der Waals surface area contributed by atoms with Gasteiger partial charge >= 0.3 is 0 Å². The van der Waals surface area contributed by atoms with Gasteiger partial charge in [0.1, 0.15) is 5.78 Å². The van der Waals surface area contributed by atoms with E-state index >= 15 is 0 Å². The molecule has 0 saturated carbocycles. The fraction of sp³-hybridized carbons (Fsp3) is 0.909. The Labute approximate surface area is 81.1 Å². The molecule has 1 aliphatic heterocycles. The monoisotopic (exact) mass is 183 g/mol. The second-order valence-electron chi connectivity index (χ2n) is 4.67. The molecule has 1 rings (SSSR count). The quantitative estimate of drug-likeness (QED) is 0.722. The topological polar surface area (TPSA) is 29.1 Å². The fourth-order valence-electron chi connectivity index (χ4n) is 1.96. The molecule has 1 aliphatic rings. The zero-order valence-corrected chi connectivity index (χ0v) is 8.97. The average Bonchev–Trinajstić information content (AvgIpc) is 2.34. The van der Waals surface area contributed by atoms with Crippen molar-refractivity contribution in [3.8, 4) is 0 Å². The van der Waals surface area contributed by atoms with E-state index < -0.39 is 0 Å². The van der Waals surface area contributed by atoms with Crippen molar-refractivity contribution in [2.45, 2.75) is 46.1 Å². The lowest BCUT2D eigenvalue weighted by atomic mass is 9.95. The number of nitrogens with one attached hydrogen (secondary N) is 1. The van der Waals surface area contributed by atoms with Gasteiger partial charge in [-0.15, -0.1) is 0 Å². The summed E-state index contributed by atoms with van der Waals surface area (Å²) in [6.07, 6.45) is 2.70. The number of Topliss-reactive ketones (excluding diaryl/α,β-unsaturated/α-hetero) is 1. The first kappa shape index (κ1) is 10.7. The van der Waals surface area contributed by atoms with E-state index in [0.717, 1.165) is 19.4 Å². The highest BCUT2D eigenvalue weighted by Gasteiger charge is 2.24. The summed E-state index contributed by atoms with van der Waals surface area (Å²) in [6.45, 7) is 7.51. The molecule has 1 heterocycles. The Hall–Kier alpha value is -0.370. The summed E-state index contributed by atoms with van der Waals surface area (Å²) in [5.41, 5.74) is 0. The molecule has 2 unspecified atom stereocenters. The maximum absolute atomic E-state index is 11.5. The van der Waals surface area contributed by atoms with Crippen LogP contribution in [0.1, 0.15) is 40.0 Å². The Morgan fingerprint density at radius 1 is 1.54 bits per heavy atom. The lowest BCUT2D eigenvalue weighted by Crippen LogP contribution is -2.28. The van der Waals surface area contributed by atoms with E-state index in [1.165, 1.54) is 6.42 Å². The summed E-state index contributed by atoms with van der Waals surface area (Å²) in [5.74, 6) is 1.60. The molecule has 0 spiro atoms. The zero-order chi connectivity index (χ0) is 9.84. The summed E-state index contributed by atoms with van der Waals surface area (Å²) in [5, 5.41) is 3.39. The summed E-state index contributed by atoms with van der Waals surface area (Å²) >= 11 is 0. The van der Waals surface area contributed by atoms with Crippen LogP contribution in [-0.4, -0.2) is 18.4 Å². The summed E-state index contributed by atoms with van der Waals surface area (Å²) in [6, 6.07) is 0.450. The van der Waals surface area contributed by atoms with E-state index in [0.29, 0.717) is 23.7 Å². The Kier molecular flexibility index (Phi) is 3.91. The highest BCUT2D eigenvalue weighted by atomic mass is 16.1. The van der Waals surface area contributed by atoms with Gasteiger partial charge in [-0.2, -0.15) is 0 Å². The number of hydrogen-bond donors (Lipinski definition) is 1. The standard InChI is InChI=1S/C11H21NO/c1-8(2)6-10(13)7-11-9(3)4-5-12-11/h8-9,11-12H,4-7H2,1-3H3. The second-order valence-corrected chi connectivity index (χ2v) is 4.67. The summed E-state index contributed by atoms with van der Waals surface area (Å²) in [7, 11) is 0. The van der Waals surface area contributed by atoms with E-state index in [1.807, 2.05) is 0 Å². The second kappa shape index (κ2) is 4.75. The van der Waals surface area contributed by atoms with Crippen LogP contribution in [0.5, 0.6) is 0 Å². The molecule has 0 aliphatic carbocycles. The highest BCUT2D eigenvalue weighted by Crippen LogP contribution is 2.18. The molecule has 13 heavy (non-hydrogen) atoms. The Bertz CT molecular complexity index is 177. The first-order valence-electron chi connectivity index (χ1n) is 5.34. The third kappa shape index (κ3) is 3.47. The number of hydrogen-bond acceptors (Lipinski definition) is 2. The minimum absolute atomic E-state index is 0.418. The fourth-order valence-corrected chi connectivity index (χ4v) is 1.96. The van der Waals surface area contributed by atoms with Crippen LogP contribution in [-0.2, 0) is 4.79 Å². The van der Waals surface area contributed by atoms with Gasteiger partial charge in [-0.1, -0.05) is 20.8 Å². The molecular weight excluding hydrogens is 162 g/mol. The first-order chi connectivity index (χ1) is 6.09. The summed E-state index contributed by atoms with van der Waals surface area (Å²) in [4.78, 5) is 11.5. The van der Waals surface area contributed by atoms with Gasteiger partial charge in [-0.3, -0.25) is 4.79 Å².